The first-order valence-electron chi connectivity index (χ1n) is 4.56. The van der Waals surface area contributed by atoms with Crippen LogP contribution >= 0.6 is 0 Å². The minimum atomic E-state index is 0.132. The summed E-state index contributed by atoms with van der Waals surface area (Å²) >= 11 is 0. The van der Waals surface area contributed by atoms with Gasteiger partial charge in [0, 0.05) is 19.2 Å². The number of carbonyl (C=O) groups is 1. The van der Waals surface area contributed by atoms with Gasteiger partial charge in [-0.1, -0.05) is 6.07 Å². The quantitative estimate of drug-likeness (QED) is 0.587. The predicted molar refractivity (Wildman–Crippen MR) is 51.6 cm³/mol. The molecule has 67 valence electrons. The van der Waals surface area contributed by atoms with Gasteiger partial charge in [0.2, 0.25) is 5.91 Å². The van der Waals surface area contributed by atoms with Gasteiger partial charge in [0.05, 0.1) is 0 Å². The van der Waals surface area contributed by atoms with Crippen molar-refractivity contribution in [1.29, 1.82) is 0 Å². The van der Waals surface area contributed by atoms with Gasteiger partial charge in [-0.05, 0) is 36.6 Å². The van der Waals surface area contributed by atoms with Crippen LogP contribution in [0.3, 0.4) is 0 Å². The van der Waals surface area contributed by atoms with E-state index >= 15 is 0 Å². The van der Waals surface area contributed by atoms with E-state index in [4.69, 9.17) is 0 Å². The summed E-state index contributed by atoms with van der Waals surface area (Å²) in [6.07, 6.45) is 2.13. The molecule has 0 saturated carbocycles. The molecule has 1 aliphatic rings. The lowest BCUT2D eigenvalue weighted by atomic mass is 10.0. The van der Waals surface area contributed by atoms with Crippen molar-refractivity contribution in [3.63, 3.8) is 0 Å². The SMILES string of the molecule is CC(=O)N1CCCc2c[c]ccc21. The first-order valence-corrected chi connectivity index (χ1v) is 4.56. The fourth-order valence-electron chi connectivity index (χ4n) is 1.80. The summed E-state index contributed by atoms with van der Waals surface area (Å²) in [4.78, 5) is 13.1. The van der Waals surface area contributed by atoms with Crippen LogP contribution in [0.15, 0.2) is 18.2 Å². The Morgan fingerprint density at radius 1 is 1.62 bits per heavy atom. The molecule has 1 heterocycles. The van der Waals surface area contributed by atoms with Crippen LogP contribution in [0.5, 0.6) is 0 Å². The number of amides is 1. The molecule has 1 amide bonds. The third-order valence-corrected chi connectivity index (χ3v) is 2.42. The van der Waals surface area contributed by atoms with E-state index in [-0.39, 0.29) is 5.91 Å². The molecule has 2 nitrogen and oxygen atoms in total. The Morgan fingerprint density at radius 2 is 2.46 bits per heavy atom. The molecular formula is C11H12NO. The standard InChI is InChI=1S/C11H12NO/c1-9(13)12-8-4-6-10-5-2-3-7-11(10)12/h3,5,7H,4,6,8H2,1H3. The van der Waals surface area contributed by atoms with E-state index in [2.05, 4.69) is 6.07 Å². The van der Waals surface area contributed by atoms with E-state index in [0.29, 0.717) is 0 Å². The highest BCUT2D eigenvalue weighted by Gasteiger charge is 2.18. The molecule has 1 aromatic carbocycles. The van der Waals surface area contributed by atoms with Gasteiger partial charge in [-0.2, -0.15) is 0 Å². The van der Waals surface area contributed by atoms with Crippen molar-refractivity contribution in [2.45, 2.75) is 19.8 Å². The Balaban J connectivity index is 2.42. The van der Waals surface area contributed by atoms with Gasteiger partial charge in [-0.25, -0.2) is 0 Å². The zero-order valence-corrected chi connectivity index (χ0v) is 7.71. The maximum Gasteiger partial charge on any atom is 0.223 e. The number of benzene rings is 1. The minimum Gasteiger partial charge on any atom is -0.312 e. The van der Waals surface area contributed by atoms with Crippen LogP contribution in [0, 0.1) is 6.07 Å². The molecule has 2 rings (SSSR count). The van der Waals surface area contributed by atoms with E-state index < -0.39 is 0 Å². The molecule has 1 aromatic rings. The molecule has 0 atom stereocenters. The van der Waals surface area contributed by atoms with Crippen LogP contribution < -0.4 is 4.90 Å². The summed E-state index contributed by atoms with van der Waals surface area (Å²) in [7, 11) is 0. The van der Waals surface area contributed by atoms with E-state index in [9.17, 15) is 4.79 Å². The molecule has 2 heteroatoms. The normalized spacial score (nSPS) is 15.3. The van der Waals surface area contributed by atoms with E-state index in [0.717, 1.165) is 25.1 Å². The molecule has 1 radical (unpaired) electrons. The Kier molecular flexibility index (Phi) is 2.05. The van der Waals surface area contributed by atoms with Gasteiger partial charge in [0.25, 0.3) is 0 Å². The highest BCUT2D eigenvalue weighted by atomic mass is 16.2. The third-order valence-electron chi connectivity index (χ3n) is 2.42. The molecule has 0 aliphatic carbocycles. The Bertz CT molecular complexity index is 333. The number of rotatable bonds is 0. The third kappa shape index (κ3) is 1.44. The first kappa shape index (κ1) is 8.30. The zero-order valence-electron chi connectivity index (χ0n) is 7.71. The lowest BCUT2D eigenvalue weighted by Crippen LogP contribution is -2.33. The predicted octanol–water partition coefficient (Wildman–Crippen LogP) is 1.79. The summed E-state index contributed by atoms with van der Waals surface area (Å²) in [6, 6.07) is 8.85. The van der Waals surface area contributed by atoms with Crippen molar-refractivity contribution in [2.24, 2.45) is 0 Å². The number of hydrogen-bond acceptors (Lipinski definition) is 1. The maximum absolute atomic E-state index is 11.3. The second-order valence-corrected chi connectivity index (χ2v) is 3.33. The van der Waals surface area contributed by atoms with E-state index in [1.807, 2.05) is 23.1 Å². The van der Waals surface area contributed by atoms with E-state index in [1.54, 1.807) is 6.92 Å². The second-order valence-electron chi connectivity index (χ2n) is 3.33. The van der Waals surface area contributed by atoms with Crippen LogP contribution in [-0.4, -0.2) is 12.5 Å². The van der Waals surface area contributed by atoms with E-state index in [1.165, 1.54) is 5.56 Å². The van der Waals surface area contributed by atoms with Gasteiger partial charge in [-0.15, -0.1) is 0 Å². The zero-order chi connectivity index (χ0) is 9.26. The van der Waals surface area contributed by atoms with Gasteiger partial charge in [0.1, 0.15) is 0 Å². The maximum atomic E-state index is 11.3. The summed E-state index contributed by atoms with van der Waals surface area (Å²) < 4.78 is 0. The number of carbonyl (C=O) groups excluding carboxylic acids is 1. The van der Waals surface area contributed by atoms with Gasteiger partial charge in [0.15, 0.2) is 0 Å². The van der Waals surface area contributed by atoms with Crippen LogP contribution in [0.4, 0.5) is 5.69 Å². The number of aryl methyl sites for hydroxylation is 1. The molecule has 0 fully saturated rings. The fourth-order valence-corrected chi connectivity index (χ4v) is 1.80. The highest BCUT2D eigenvalue weighted by molar-refractivity contribution is 5.92. The van der Waals surface area contributed by atoms with Crippen LogP contribution in [0.2, 0.25) is 0 Å². The monoisotopic (exact) mass is 174 g/mol. The Labute approximate surface area is 78.2 Å². The number of nitrogens with zero attached hydrogens (tertiary/aromatic N) is 1. The second kappa shape index (κ2) is 3.21. The summed E-state index contributed by atoms with van der Waals surface area (Å²) in [5.74, 6) is 0.132. The van der Waals surface area contributed by atoms with Crippen molar-refractivity contribution in [2.75, 3.05) is 11.4 Å². The van der Waals surface area contributed by atoms with Crippen molar-refractivity contribution in [3.8, 4) is 0 Å². The minimum absolute atomic E-state index is 0.132. The molecule has 13 heavy (non-hydrogen) atoms. The van der Waals surface area contributed by atoms with Crippen molar-refractivity contribution >= 4 is 11.6 Å². The number of hydrogen-bond donors (Lipinski definition) is 0. The van der Waals surface area contributed by atoms with Crippen LogP contribution in [0.1, 0.15) is 18.9 Å². The van der Waals surface area contributed by atoms with Crippen LogP contribution in [0.25, 0.3) is 0 Å². The fraction of sp³-hybridized carbons (Fsp3) is 0.364. The van der Waals surface area contributed by atoms with Gasteiger partial charge in [-0.3, -0.25) is 4.79 Å². The number of anilines is 1. The highest BCUT2D eigenvalue weighted by Crippen LogP contribution is 2.26. The summed E-state index contributed by atoms with van der Waals surface area (Å²) in [5, 5.41) is 0. The Morgan fingerprint density at radius 3 is 3.23 bits per heavy atom. The van der Waals surface area contributed by atoms with Crippen LogP contribution in [-0.2, 0) is 11.2 Å². The first-order chi connectivity index (χ1) is 6.29. The van der Waals surface area contributed by atoms with Gasteiger partial charge >= 0.3 is 0 Å². The molecule has 0 bridgehead atoms. The summed E-state index contributed by atoms with van der Waals surface area (Å²) in [6.45, 7) is 2.47. The smallest absolute Gasteiger partial charge is 0.223 e. The largest absolute Gasteiger partial charge is 0.312 e. The molecule has 0 saturated heterocycles. The molecule has 0 N–H and O–H groups in total. The molecule has 1 aliphatic heterocycles. The number of fused-ring (bicyclic) bond motifs is 1. The Hall–Kier alpha value is -1.31. The average molecular weight is 174 g/mol. The van der Waals surface area contributed by atoms with Crippen molar-refractivity contribution < 1.29 is 4.79 Å². The lowest BCUT2D eigenvalue weighted by molar-refractivity contribution is -0.116. The average Bonchev–Trinajstić information content (AvgIpc) is 2.17. The summed E-state index contributed by atoms with van der Waals surface area (Å²) in [5.41, 5.74) is 2.31. The molecular weight excluding hydrogens is 162 g/mol. The van der Waals surface area contributed by atoms with Crippen molar-refractivity contribution in [1.82, 2.24) is 0 Å². The molecule has 0 spiro atoms. The molecule has 0 unspecified atom stereocenters. The lowest BCUT2D eigenvalue weighted by Gasteiger charge is -2.28. The topological polar surface area (TPSA) is 20.3 Å². The van der Waals surface area contributed by atoms with Crippen molar-refractivity contribution in [3.05, 3.63) is 29.8 Å². The molecule has 0 aromatic heterocycles. The van der Waals surface area contributed by atoms with Gasteiger partial charge < -0.3 is 4.90 Å².